The van der Waals surface area contributed by atoms with E-state index in [4.69, 9.17) is 0 Å². The van der Waals surface area contributed by atoms with Crippen molar-refractivity contribution >= 4 is 53.3 Å². The first-order valence-electron chi connectivity index (χ1n) is 15.0. The van der Waals surface area contributed by atoms with Gasteiger partial charge >= 0.3 is 0 Å². The molecule has 9 rings (SSSR count). The lowest BCUT2D eigenvalue weighted by Gasteiger charge is -2.14. The van der Waals surface area contributed by atoms with Crippen LogP contribution in [0.15, 0.2) is 164 Å². The third kappa shape index (κ3) is 4.07. The molecule has 0 fully saturated rings. The van der Waals surface area contributed by atoms with E-state index in [0.717, 1.165) is 5.69 Å². The molecule has 2 heterocycles. The van der Waals surface area contributed by atoms with Crippen molar-refractivity contribution < 1.29 is 0 Å². The Morgan fingerprint density at radius 2 is 0.864 bits per heavy atom. The maximum absolute atomic E-state index is 2.39. The first-order chi connectivity index (χ1) is 21.8. The van der Waals surface area contributed by atoms with Gasteiger partial charge in [0.05, 0.1) is 11.0 Å². The molecule has 9 aromatic rings. The van der Waals surface area contributed by atoms with Gasteiger partial charge in [0.25, 0.3) is 0 Å². The summed E-state index contributed by atoms with van der Waals surface area (Å²) in [6, 6.07) is 59.8. The minimum Gasteiger partial charge on any atom is -0.309 e. The van der Waals surface area contributed by atoms with Crippen molar-refractivity contribution in [3.63, 3.8) is 0 Å². The molecule has 0 aliphatic rings. The zero-order chi connectivity index (χ0) is 29.0. The fourth-order valence-electron chi connectivity index (χ4n) is 6.69. The molecular formula is C42H27NS. The summed E-state index contributed by atoms with van der Waals surface area (Å²) in [5, 5.41) is 5.20. The number of para-hydroxylation sites is 2. The molecule has 1 nitrogen and oxygen atoms in total. The number of thiophene rings is 1. The van der Waals surface area contributed by atoms with Crippen LogP contribution in [0.25, 0.3) is 81.0 Å². The molecule has 7 aromatic carbocycles. The molecule has 44 heavy (non-hydrogen) atoms. The molecular weight excluding hydrogens is 551 g/mol. The van der Waals surface area contributed by atoms with E-state index in [-0.39, 0.29) is 0 Å². The van der Waals surface area contributed by atoms with Gasteiger partial charge in [-0.3, -0.25) is 0 Å². The van der Waals surface area contributed by atoms with Crippen LogP contribution < -0.4 is 0 Å². The smallest absolute Gasteiger partial charge is 0.0541 e. The highest BCUT2D eigenvalue weighted by molar-refractivity contribution is 7.25. The molecule has 0 bridgehead atoms. The van der Waals surface area contributed by atoms with Crippen LogP contribution in [-0.2, 0) is 0 Å². The zero-order valence-electron chi connectivity index (χ0n) is 23.9. The summed E-state index contributed by atoms with van der Waals surface area (Å²) >= 11 is 1.86. The van der Waals surface area contributed by atoms with E-state index in [9.17, 15) is 0 Å². The molecule has 0 aliphatic heterocycles. The maximum atomic E-state index is 2.39. The molecule has 0 spiro atoms. The summed E-state index contributed by atoms with van der Waals surface area (Å²) in [6.07, 6.45) is 0. The van der Waals surface area contributed by atoms with E-state index in [0.29, 0.717) is 0 Å². The average molecular weight is 578 g/mol. The van der Waals surface area contributed by atoms with Gasteiger partial charge in [0, 0.05) is 36.6 Å². The number of rotatable bonds is 4. The Hall–Kier alpha value is -5.44. The number of nitrogens with zero attached hydrogens (tertiary/aromatic N) is 1. The highest BCUT2D eigenvalue weighted by Crippen LogP contribution is 2.39. The highest BCUT2D eigenvalue weighted by Gasteiger charge is 2.14. The molecule has 0 saturated heterocycles. The topological polar surface area (TPSA) is 4.93 Å². The number of benzene rings is 7. The van der Waals surface area contributed by atoms with Crippen molar-refractivity contribution in [2.75, 3.05) is 0 Å². The Morgan fingerprint density at radius 3 is 1.59 bits per heavy atom. The normalized spacial score (nSPS) is 11.6. The van der Waals surface area contributed by atoms with Crippen LogP contribution in [-0.4, -0.2) is 4.57 Å². The Morgan fingerprint density at radius 1 is 0.318 bits per heavy atom. The number of hydrogen-bond acceptors (Lipinski definition) is 1. The summed E-state index contributed by atoms with van der Waals surface area (Å²) in [5.41, 5.74) is 10.9. The third-order valence-electron chi connectivity index (χ3n) is 8.77. The van der Waals surface area contributed by atoms with Gasteiger partial charge in [0.15, 0.2) is 0 Å². The lowest BCUT2D eigenvalue weighted by molar-refractivity contribution is 1.18. The number of fused-ring (bicyclic) bond motifs is 6. The van der Waals surface area contributed by atoms with Crippen molar-refractivity contribution in [2.45, 2.75) is 0 Å². The zero-order valence-corrected chi connectivity index (χ0v) is 24.8. The van der Waals surface area contributed by atoms with Gasteiger partial charge in [-0.25, -0.2) is 0 Å². The molecule has 2 aromatic heterocycles. The van der Waals surface area contributed by atoms with Crippen LogP contribution in [0.4, 0.5) is 0 Å². The van der Waals surface area contributed by atoms with Crippen LogP contribution in [0.2, 0.25) is 0 Å². The largest absolute Gasteiger partial charge is 0.309 e. The maximum Gasteiger partial charge on any atom is 0.0541 e. The van der Waals surface area contributed by atoms with Crippen LogP contribution in [0.5, 0.6) is 0 Å². The standard InChI is InChI=1S/C42H27NS/c1-2-11-28(12-3-1)31-23-32(25-33(24-31)30-21-22-42-38(27-30)37-17-6-9-20-41(37)44-42)29-13-10-14-34(26-29)43-39-18-7-4-15-35(39)36-16-5-8-19-40(36)43/h1-27H. The summed E-state index contributed by atoms with van der Waals surface area (Å²) in [5.74, 6) is 0. The first kappa shape index (κ1) is 25.1. The third-order valence-corrected chi connectivity index (χ3v) is 9.92. The lowest BCUT2D eigenvalue weighted by Crippen LogP contribution is -1.94. The summed E-state index contributed by atoms with van der Waals surface area (Å²) < 4.78 is 5.06. The molecule has 206 valence electrons. The molecule has 2 heteroatoms. The molecule has 0 saturated carbocycles. The Labute approximate surface area is 259 Å². The second-order valence-corrected chi connectivity index (χ2v) is 12.5. The van der Waals surface area contributed by atoms with E-state index >= 15 is 0 Å². The van der Waals surface area contributed by atoms with Crippen LogP contribution in [0, 0.1) is 0 Å². The lowest BCUT2D eigenvalue weighted by atomic mass is 9.92. The molecule has 0 amide bonds. The fraction of sp³-hybridized carbons (Fsp3) is 0. The van der Waals surface area contributed by atoms with Gasteiger partial charge in [-0.2, -0.15) is 0 Å². The minimum absolute atomic E-state index is 1.16. The minimum atomic E-state index is 1.16. The SMILES string of the molecule is c1ccc(-c2cc(-c3cccc(-n4c5ccccc5c5ccccc54)c3)cc(-c3ccc4sc5ccccc5c4c3)c2)cc1. The van der Waals surface area contributed by atoms with Gasteiger partial charge in [-0.1, -0.05) is 103 Å². The Bertz CT molecular complexity index is 2440. The van der Waals surface area contributed by atoms with Crippen molar-refractivity contribution in [3.8, 4) is 39.1 Å². The Kier molecular flexibility index (Phi) is 5.75. The summed E-state index contributed by atoms with van der Waals surface area (Å²) in [4.78, 5) is 0. The van der Waals surface area contributed by atoms with Crippen molar-refractivity contribution in [3.05, 3.63) is 164 Å². The molecule has 0 aliphatic carbocycles. The monoisotopic (exact) mass is 577 g/mol. The summed E-state index contributed by atoms with van der Waals surface area (Å²) in [7, 11) is 0. The van der Waals surface area contributed by atoms with Gasteiger partial charge in [0.1, 0.15) is 0 Å². The van der Waals surface area contributed by atoms with Gasteiger partial charge < -0.3 is 4.57 Å². The molecule has 0 N–H and O–H groups in total. The summed E-state index contributed by atoms with van der Waals surface area (Å²) in [6.45, 7) is 0. The first-order valence-corrected chi connectivity index (χ1v) is 15.8. The van der Waals surface area contributed by atoms with Gasteiger partial charge in [0.2, 0.25) is 0 Å². The van der Waals surface area contributed by atoms with Gasteiger partial charge in [-0.15, -0.1) is 11.3 Å². The van der Waals surface area contributed by atoms with Gasteiger partial charge in [-0.05, 0) is 94.0 Å². The molecule has 0 atom stereocenters. The van der Waals surface area contributed by atoms with E-state index < -0.39 is 0 Å². The highest BCUT2D eigenvalue weighted by atomic mass is 32.1. The average Bonchev–Trinajstić information content (AvgIpc) is 3.64. The van der Waals surface area contributed by atoms with Crippen LogP contribution in [0.3, 0.4) is 0 Å². The predicted molar refractivity (Wildman–Crippen MR) is 190 cm³/mol. The predicted octanol–water partition coefficient (Wildman–Crippen LogP) is 12.2. The fourth-order valence-corrected chi connectivity index (χ4v) is 7.78. The number of hydrogen-bond donors (Lipinski definition) is 0. The Balaban J connectivity index is 1.24. The quantitative estimate of drug-likeness (QED) is 0.196. The van der Waals surface area contributed by atoms with Crippen molar-refractivity contribution in [1.82, 2.24) is 4.57 Å². The van der Waals surface area contributed by atoms with Crippen molar-refractivity contribution in [1.29, 1.82) is 0 Å². The van der Waals surface area contributed by atoms with Crippen LogP contribution >= 0.6 is 11.3 Å². The van der Waals surface area contributed by atoms with E-state index in [1.807, 2.05) is 11.3 Å². The number of aromatic nitrogens is 1. The second kappa shape index (κ2) is 10.1. The molecule has 0 unspecified atom stereocenters. The van der Waals surface area contributed by atoms with E-state index in [1.165, 1.54) is 75.4 Å². The van der Waals surface area contributed by atoms with Crippen LogP contribution in [0.1, 0.15) is 0 Å². The second-order valence-electron chi connectivity index (χ2n) is 11.4. The van der Waals surface area contributed by atoms with E-state index in [1.54, 1.807) is 0 Å². The molecule has 0 radical (unpaired) electrons. The van der Waals surface area contributed by atoms with Crippen molar-refractivity contribution in [2.24, 2.45) is 0 Å². The van der Waals surface area contributed by atoms with E-state index in [2.05, 4.69) is 168 Å².